The molecule has 1 fully saturated rings. The van der Waals surface area contributed by atoms with Gasteiger partial charge in [-0.05, 0) is 61.7 Å². The van der Waals surface area contributed by atoms with Gasteiger partial charge in [0.15, 0.2) is 0 Å². The predicted octanol–water partition coefficient (Wildman–Crippen LogP) is 3.67. The Hall–Kier alpha value is -3.87. The number of hydrogen-bond acceptors (Lipinski definition) is 4. The van der Waals surface area contributed by atoms with Crippen LogP contribution in [0, 0.1) is 6.92 Å². The number of anilines is 1. The van der Waals surface area contributed by atoms with E-state index in [0.717, 1.165) is 17.7 Å². The van der Waals surface area contributed by atoms with Crippen LogP contribution in [-0.4, -0.2) is 35.2 Å². The molecule has 0 unspecified atom stereocenters. The lowest BCUT2D eigenvalue weighted by Crippen LogP contribution is -2.44. The Balaban J connectivity index is 1.39. The SMILES string of the molecule is Cc1ccc(CNC(=O)c2cccc(CN3C(=O)[C@H]4CCCN4C(=O)c4ccccc43)c2)o1. The second-order valence-electron chi connectivity index (χ2n) is 8.49. The van der Waals surface area contributed by atoms with Crippen LogP contribution in [0.4, 0.5) is 5.69 Å². The molecule has 1 atom stereocenters. The van der Waals surface area contributed by atoms with Crippen LogP contribution in [-0.2, 0) is 17.9 Å². The molecule has 2 aliphatic rings. The number of para-hydroxylation sites is 1. The van der Waals surface area contributed by atoms with Gasteiger partial charge < -0.3 is 19.5 Å². The molecule has 0 bridgehead atoms. The zero-order valence-electron chi connectivity index (χ0n) is 18.4. The minimum atomic E-state index is -0.437. The van der Waals surface area contributed by atoms with Gasteiger partial charge in [-0.15, -0.1) is 0 Å². The maximum absolute atomic E-state index is 13.5. The van der Waals surface area contributed by atoms with E-state index in [1.807, 2.05) is 49.4 Å². The van der Waals surface area contributed by atoms with Crippen LogP contribution in [0.1, 0.15) is 50.6 Å². The molecule has 33 heavy (non-hydrogen) atoms. The lowest BCUT2D eigenvalue weighted by molar-refractivity contribution is -0.122. The quantitative estimate of drug-likeness (QED) is 0.652. The highest BCUT2D eigenvalue weighted by Crippen LogP contribution is 2.33. The van der Waals surface area contributed by atoms with E-state index in [-0.39, 0.29) is 24.3 Å². The van der Waals surface area contributed by atoms with Crippen LogP contribution in [0.5, 0.6) is 0 Å². The molecule has 2 aliphatic heterocycles. The number of aryl methyl sites for hydroxylation is 1. The molecule has 7 heteroatoms. The molecule has 1 saturated heterocycles. The highest BCUT2D eigenvalue weighted by molar-refractivity contribution is 6.11. The summed E-state index contributed by atoms with van der Waals surface area (Å²) in [5.74, 6) is 1.10. The minimum absolute atomic E-state index is 0.0751. The third-order valence-corrected chi connectivity index (χ3v) is 6.24. The number of carbonyl (C=O) groups is 3. The number of carbonyl (C=O) groups excluding carboxylic acids is 3. The average Bonchev–Trinajstić information content (AvgIpc) is 3.48. The number of nitrogens with zero attached hydrogens (tertiary/aromatic N) is 2. The summed E-state index contributed by atoms with van der Waals surface area (Å²) in [5.41, 5.74) is 2.48. The largest absolute Gasteiger partial charge is 0.465 e. The van der Waals surface area contributed by atoms with Gasteiger partial charge >= 0.3 is 0 Å². The lowest BCUT2D eigenvalue weighted by Gasteiger charge is -2.26. The van der Waals surface area contributed by atoms with Gasteiger partial charge in [0.2, 0.25) is 5.91 Å². The standard InChI is InChI=1S/C26H25N3O4/c1-17-11-12-20(33-17)15-27-24(30)19-7-4-6-18(14-19)16-29-22-9-3-2-8-21(22)25(31)28-13-5-10-23(28)26(29)32/h2-4,6-9,11-12,14,23H,5,10,13,15-16H2,1H3,(H,27,30)/t23-/m1/s1. The van der Waals surface area contributed by atoms with E-state index >= 15 is 0 Å². The first-order valence-corrected chi connectivity index (χ1v) is 11.1. The molecule has 2 aromatic carbocycles. The van der Waals surface area contributed by atoms with Crippen LogP contribution in [0.15, 0.2) is 65.1 Å². The normalized spacial score (nSPS) is 17.5. The number of nitrogens with one attached hydrogen (secondary N) is 1. The number of hydrogen-bond donors (Lipinski definition) is 1. The maximum atomic E-state index is 13.5. The predicted molar refractivity (Wildman–Crippen MR) is 123 cm³/mol. The summed E-state index contributed by atoms with van der Waals surface area (Å²) in [6, 6.07) is 17.7. The molecule has 1 aromatic heterocycles. The Labute approximate surface area is 192 Å². The number of fused-ring (bicyclic) bond motifs is 2. The van der Waals surface area contributed by atoms with E-state index in [1.54, 1.807) is 28.0 Å². The Morgan fingerprint density at radius 1 is 1.09 bits per heavy atom. The topological polar surface area (TPSA) is 82.9 Å². The molecule has 3 amide bonds. The summed E-state index contributed by atoms with van der Waals surface area (Å²) in [5, 5.41) is 2.87. The summed E-state index contributed by atoms with van der Waals surface area (Å²) < 4.78 is 5.50. The van der Waals surface area contributed by atoms with Crippen LogP contribution >= 0.6 is 0 Å². The first-order chi connectivity index (χ1) is 16.0. The van der Waals surface area contributed by atoms with Gasteiger partial charge in [0.05, 0.1) is 24.3 Å². The van der Waals surface area contributed by atoms with E-state index in [4.69, 9.17) is 4.42 Å². The fraction of sp³-hybridized carbons (Fsp3) is 0.269. The molecule has 0 radical (unpaired) electrons. The van der Waals surface area contributed by atoms with Gasteiger partial charge in [-0.25, -0.2) is 0 Å². The summed E-state index contributed by atoms with van der Waals surface area (Å²) in [6.07, 6.45) is 1.49. The van der Waals surface area contributed by atoms with Crippen molar-refractivity contribution in [2.24, 2.45) is 0 Å². The molecule has 5 rings (SSSR count). The van der Waals surface area contributed by atoms with E-state index in [9.17, 15) is 14.4 Å². The van der Waals surface area contributed by atoms with Crippen molar-refractivity contribution < 1.29 is 18.8 Å². The van der Waals surface area contributed by atoms with Crippen LogP contribution in [0.25, 0.3) is 0 Å². The van der Waals surface area contributed by atoms with Gasteiger partial charge in [-0.1, -0.05) is 24.3 Å². The van der Waals surface area contributed by atoms with Crippen molar-refractivity contribution in [3.8, 4) is 0 Å². The van der Waals surface area contributed by atoms with Gasteiger partial charge in [0.1, 0.15) is 17.6 Å². The monoisotopic (exact) mass is 443 g/mol. The first-order valence-electron chi connectivity index (χ1n) is 11.1. The molecular weight excluding hydrogens is 418 g/mol. The minimum Gasteiger partial charge on any atom is -0.465 e. The Kier molecular flexibility index (Phi) is 5.46. The first kappa shape index (κ1) is 21.0. The van der Waals surface area contributed by atoms with Crippen molar-refractivity contribution >= 4 is 23.4 Å². The molecule has 0 aliphatic carbocycles. The third-order valence-electron chi connectivity index (χ3n) is 6.24. The molecule has 1 N–H and O–H groups in total. The summed E-state index contributed by atoms with van der Waals surface area (Å²) in [6.45, 7) is 3.04. The van der Waals surface area contributed by atoms with Gasteiger partial charge in [0, 0.05) is 12.1 Å². The lowest BCUT2D eigenvalue weighted by atomic mass is 10.1. The molecule has 168 valence electrons. The van der Waals surface area contributed by atoms with E-state index in [0.29, 0.717) is 42.1 Å². The van der Waals surface area contributed by atoms with Crippen molar-refractivity contribution in [2.75, 3.05) is 11.4 Å². The average molecular weight is 444 g/mol. The number of rotatable bonds is 5. The highest BCUT2D eigenvalue weighted by Gasteiger charge is 2.41. The van der Waals surface area contributed by atoms with E-state index in [2.05, 4.69) is 5.32 Å². The van der Waals surface area contributed by atoms with E-state index < -0.39 is 6.04 Å². The van der Waals surface area contributed by atoms with Gasteiger partial charge in [-0.3, -0.25) is 14.4 Å². The highest BCUT2D eigenvalue weighted by atomic mass is 16.3. The summed E-state index contributed by atoms with van der Waals surface area (Å²) in [4.78, 5) is 42.6. The van der Waals surface area contributed by atoms with Crippen LogP contribution in [0.3, 0.4) is 0 Å². The number of furan rings is 1. The second kappa shape index (κ2) is 8.58. The van der Waals surface area contributed by atoms with Gasteiger partial charge in [-0.2, -0.15) is 0 Å². The van der Waals surface area contributed by atoms with Crippen molar-refractivity contribution in [1.29, 1.82) is 0 Å². The van der Waals surface area contributed by atoms with E-state index in [1.165, 1.54) is 0 Å². The van der Waals surface area contributed by atoms with Crippen molar-refractivity contribution in [1.82, 2.24) is 10.2 Å². The fourth-order valence-corrected chi connectivity index (χ4v) is 4.62. The van der Waals surface area contributed by atoms with Crippen molar-refractivity contribution in [3.63, 3.8) is 0 Å². The molecule has 7 nitrogen and oxygen atoms in total. The molecule has 3 aromatic rings. The molecule has 3 heterocycles. The van der Waals surface area contributed by atoms with Crippen LogP contribution < -0.4 is 10.2 Å². The molecular formula is C26H25N3O4. The Bertz CT molecular complexity index is 1230. The molecule has 0 spiro atoms. The molecule has 0 saturated carbocycles. The number of benzene rings is 2. The van der Waals surface area contributed by atoms with Gasteiger partial charge in [0.25, 0.3) is 11.8 Å². The Morgan fingerprint density at radius 3 is 2.76 bits per heavy atom. The Morgan fingerprint density at radius 2 is 1.94 bits per heavy atom. The summed E-state index contributed by atoms with van der Waals surface area (Å²) >= 11 is 0. The zero-order valence-corrected chi connectivity index (χ0v) is 18.4. The third kappa shape index (κ3) is 4.02. The van der Waals surface area contributed by atoms with Crippen molar-refractivity contribution in [2.45, 2.75) is 38.9 Å². The number of amides is 3. The summed E-state index contributed by atoms with van der Waals surface area (Å²) in [7, 11) is 0. The smallest absolute Gasteiger partial charge is 0.256 e. The van der Waals surface area contributed by atoms with Crippen LogP contribution in [0.2, 0.25) is 0 Å². The zero-order chi connectivity index (χ0) is 22.9. The fourth-order valence-electron chi connectivity index (χ4n) is 4.62. The maximum Gasteiger partial charge on any atom is 0.256 e. The second-order valence-corrected chi connectivity index (χ2v) is 8.49. The van der Waals surface area contributed by atoms with Crippen molar-refractivity contribution in [3.05, 3.63) is 88.9 Å².